The van der Waals surface area contributed by atoms with Crippen LogP contribution in [0.2, 0.25) is 0 Å². The molecule has 0 heterocycles. The normalized spacial score (nSPS) is 15.5. The number of sulfonamides is 1. The molecule has 1 aliphatic rings. The van der Waals surface area contributed by atoms with Gasteiger partial charge in [-0.05, 0) is 37.0 Å². The summed E-state index contributed by atoms with van der Waals surface area (Å²) >= 11 is 0. The van der Waals surface area contributed by atoms with Crippen LogP contribution in [0.4, 0.5) is 4.39 Å². The molecule has 1 fully saturated rings. The van der Waals surface area contributed by atoms with Gasteiger partial charge in [-0.25, -0.2) is 17.5 Å². The van der Waals surface area contributed by atoms with Gasteiger partial charge in [0, 0.05) is 25.3 Å². The van der Waals surface area contributed by atoms with Crippen LogP contribution < -0.4 is 10.5 Å². The zero-order valence-corrected chi connectivity index (χ0v) is 12.0. The molecule has 0 radical (unpaired) electrons. The number of nitrogens with one attached hydrogen (secondary N) is 1. The van der Waals surface area contributed by atoms with Gasteiger partial charge in [0.15, 0.2) is 0 Å². The van der Waals surface area contributed by atoms with Gasteiger partial charge in [-0.3, -0.25) is 0 Å². The zero-order chi connectivity index (χ0) is 14.6. The molecule has 0 aromatic heterocycles. The summed E-state index contributed by atoms with van der Waals surface area (Å²) in [4.78, 5) is 0.0153. The fourth-order valence-electron chi connectivity index (χ4n) is 1.74. The number of hydrogen-bond acceptors (Lipinski definition) is 4. The van der Waals surface area contributed by atoms with E-state index in [-0.39, 0.29) is 23.5 Å². The summed E-state index contributed by atoms with van der Waals surface area (Å²) in [5.41, 5.74) is 5.54. The molecule has 1 aromatic rings. The lowest BCUT2D eigenvalue weighted by molar-refractivity contribution is 0.129. The van der Waals surface area contributed by atoms with Crippen molar-refractivity contribution in [3.8, 4) is 0 Å². The quantitative estimate of drug-likeness (QED) is 0.702. The van der Waals surface area contributed by atoms with Gasteiger partial charge in [-0.15, -0.1) is 0 Å². The molecule has 20 heavy (non-hydrogen) atoms. The first-order valence-electron chi connectivity index (χ1n) is 6.59. The second-order valence-corrected chi connectivity index (χ2v) is 6.64. The van der Waals surface area contributed by atoms with Crippen molar-refractivity contribution in [2.24, 2.45) is 11.7 Å². The summed E-state index contributed by atoms with van der Waals surface area (Å²) in [5, 5.41) is 0. The van der Waals surface area contributed by atoms with E-state index >= 15 is 0 Å². The molecule has 0 saturated heterocycles. The van der Waals surface area contributed by atoms with Gasteiger partial charge in [-0.2, -0.15) is 0 Å². The van der Waals surface area contributed by atoms with E-state index in [2.05, 4.69) is 4.72 Å². The fraction of sp³-hybridized carbons (Fsp3) is 0.538. The number of hydrogen-bond donors (Lipinski definition) is 2. The van der Waals surface area contributed by atoms with Crippen molar-refractivity contribution in [2.75, 3.05) is 19.8 Å². The predicted octanol–water partition coefficient (Wildman–Crippen LogP) is 0.989. The Morgan fingerprint density at radius 2 is 2.15 bits per heavy atom. The average molecular weight is 302 g/mol. The molecule has 0 aliphatic heterocycles. The van der Waals surface area contributed by atoms with Crippen LogP contribution in [0.1, 0.15) is 18.4 Å². The van der Waals surface area contributed by atoms with E-state index in [4.69, 9.17) is 10.5 Å². The molecule has 1 saturated carbocycles. The lowest BCUT2D eigenvalue weighted by Gasteiger charge is -2.09. The van der Waals surface area contributed by atoms with Gasteiger partial charge in [0.05, 0.1) is 11.5 Å². The van der Waals surface area contributed by atoms with E-state index in [1.54, 1.807) is 0 Å². The Bertz CT molecular complexity index is 559. The average Bonchev–Trinajstić information content (AvgIpc) is 3.22. The van der Waals surface area contributed by atoms with Crippen LogP contribution in [0.5, 0.6) is 0 Å². The highest BCUT2D eigenvalue weighted by Crippen LogP contribution is 2.28. The molecule has 0 amide bonds. The molecule has 0 bridgehead atoms. The number of halogens is 1. The molecule has 7 heteroatoms. The number of benzene rings is 1. The SMILES string of the molecule is NCc1cc(S(=O)(=O)NCCOCC2CC2)ccc1F. The Morgan fingerprint density at radius 1 is 1.40 bits per heavy atom. The van der Waals surface area contributed by atoms with Crippen molar-refractivity contribution in [3.05, 3.63) is 29.6 Å². The summed E-state index contributed by atoms with van der Waals surface area (Å²) in [7, 11) is -3.65. The molecule has 5 nitrogen and oxygen atoms in total. The molecular weight excluding hydrogens is 283 g/mol. The second kappa shape index (κ2) is 6.62. The van der Waals surface area contributed by atoms with E-state index in [1.807, 2.05) is 0 Å². The molecule has 1 aliphatic carbocycles. The molecular formula is C13H19FN2O3S. The predicted molar refractivity (Wildman–Crippen MR) is 73.0 cm³/mol. The van der Waals surface area contributed by atoms with Crippen LogP contribution >= 0.6 is 0 Å². The maximum absolute atomic E-state index is 13.3. The smallest absolute Gasteiger partial charge is 0.240 e. The third-order valence-corrected chi connectivity index (χ3v) is 4.60. The van der Waals surface area contributed by atoms with E-state index in [1.165, 1.54) is 25.0 Å². The number of nitrogens with two attached hydrogens (primary N) is 1. The minimum absolute atomic E-state index is 0.0153. The Balaban J connectivity index is 1.88. The van der Waals surface area contributed by atoms with Crippen molar-refractivity contribution in [1.82, 2.24) is 4.72 Å². The standard InChI is InChI=1S/C13H19FN2O3S/c14-13-4-3-12(7-11(13)8-15)20(17,18)16-5-6-19-9-10-1-2-10/h3-4,7,10,16H,1-2,5-6,8-9,15H2. The van der Waals surface area contributed by atoms with Gasteiger partial charge in [0.25, 0.3) is 0 Å². The van der Waals surface area contributed by atoms with E-state index in [0.717, 1.165) is 6.07 Å². The number of rotatable bonds is 8. The topological polar surface area (TPSA) is 81.4 Å². The third-order valence-electron chi connectivity index (χ3n) is 3.14. The van der Waals surface area contributed by atoms with Crippen LogP contribution in [-0.2, 0) is 21.3 Å². The van der Waals surface area contributed by atoms with Crippen molar-refractivity contribution >= 4 is 10.0 Å². The van der Waals surface area contributed by atoms with Gasteiger partial charge < -0.3 is 10.5 Å². The highest BCUT2D eigenvalue weighted by atomic mass is 32.2. The minimum Gasteiger partial charge on any atom is -0.380 e. The van der Waals surface area contributed by atoms with E-state index < -0.39 is 15.8 Å². The lowest BCUT2D eigenvalue weighted by Crippen LogP contribution is -2.28. The van der Waals surface area contributed by atoms with E-state index in [9.17, 15) is 12.8 Å². The van der Waals surface area contributed by atoms with E-state index in [0.29, 0.717) is 19.1 Å². The molecule has 0 spiro atoms. The summed E-state index contributed by atoms with van der Waals surface area (Å²) in [6, 6.07) is 3.59. The Kier molecular flexibility index (Phi) is 5.09. The Morgan fingerprint density at radius 3 is 2.80 bits per heavy atom. The largest absolute Gasteiger partial charge is 0.380 e. The van der Waals surface area contributed by atoms with Gasteiger partial charge in [-0.1, -0.05) is 0 Å². The van der Waals surface area contributed by atoms with Crippen LogP contribution in [0, 0.1) is 11.7 Å². The first-order valence-corrected chi connectivity index (χ1v) is 8.07. The first-order chi connectivity index (χ1) is 9.53. The van der Waals surface area contributed by atoms with Crippen molar-refractivity contribution in [2.45, 2.75) is 24.3 Å². The monoisotopic (exact) mass is 302 g/mol. The highest BCUT2D eigenvalue weighted by Gasteiger charge is 2.21. The summed E-state index contributed by atoms with van der Waals surface area (Å²) in [6.07, 6.45) is 2.40. The molecule has 2 rings (SSSR count). The van der Waals surface area contributed by atoms with Crippen LogP contribution in [-0.4, -0.2) is 28.2 Å². The lowest BCUT2D eigenvalue weighted by atomic mass is 10.2. The van der Waals surface area contributed by atoms with Crippen LogP contribution in [0.15, 0.2) is 23.1 Å². The van der Waals surface area contributed by atoms with Crippen molar-refractivity contribution in [1.29, 1.82) is 0 Å². The minimum atomic E-state index is -3.65. The molecule has 3 N–H and O–H groups in total. The molecule has 1 aromatic carbocycles. The Labute approximate surface area is 118 Å². The summed E-state index contributed by atoms with van der Waals surface area (Å²) < 4.78 is 45.0. The van der Waals surface area contributed by atoms with Gasteiger partial charge in [0.1, 0.15) is 5.82 Å². The third kappa shape index (κ3) is 4.24. The van der Waals surface area contributed by atoms with Gasteiger partial charge >= 0.3 is 0 Å². The van der Waals surface area contributed by atoms with Crippen molar-refractivity contribution in [3.63, 3.8) is 0 Å². The maximum atomic E-state index is 13.3. The van der Waals surface area contributed by atoms with Crippen molar-refractivity contribution < 1.29 is 17.5 Å². The first kappa shape index (κ1) is 15.4. The second-order valence-electron chi connectivity index (χ2n) is 4.87. The molecule has 0 atom stereocenters. The molecule has 0 unspecified atom stereocenters. The zero-order valence-electron chi connectivity index (χ0n) is 11.1. The van der Waals surface area contributed by atoms with Crippen LogP contribution in [0.25, 0.3) is 0 Å². The summed E-state index contributed by atoms with van der Waals surface area (Å²) in [6.45, 7) is 1.18. The number of ether oxygens (including phenoxy) is 1. The highest BCUT2D eigenvalue weighted by molar-refractivity contribution is 7.89. The maximum Gasteiger partial charge on any atom is 0.240 e. The molecule has 112 valence electrons. The summed E-state index contributed by atoms with van der Waals surface area (Å²) in [5.74, 6) is 0.148. The van der Waals surface area contributed by atoms with Gasteiger partial charge in [0.2, 0.25) is 10.0 Å². The van der Waals surface area contributed by atoms with Crippen LogP contribution in [0.3, 0.4) is 0 Å². The fourth-order valence-corrected chi connectivity index (χ4v) is 2.80. The Hall–Kier alpha value is -1.02.